The van der Waals surface area contributed by atoms with Crippen LogP contribution in [-0.4, -0.2) is 31.1 Å². The van der Waals surface area contributed by atoms with Crippen LogP contribution in [0.25, 0.3) is 0 Å². The number of rotatable bonds is 5. The van der Waals surface area contributed by atoms with Crippen molar-refractivity contribution in [2.24, 2.45) is 11.8 Å². The Labute approximate surface area is 124 Å². The second-order valence-electron chi connectivity index (χ2n) is 5.88. The molecular formula is C17H30N2O. The number of nitrogens with zero attached hydrogens (tertiary/aromatic N) is 1. The van der Waals surface area contributed by atoms with Crippen molar-refractivity contribution in [2.75, 3.05) is 20.2 Å². The van der Waals surface area contributed by atoms with Crippen LogP contribution in [0.2, 0.25) is 0 Å². The van der Waals surface area contributed by atoms with Crippen LogP contribution in [0.15, 0.2) is 30.3 Å². The van der Waals surface area contributed by atoms with Gasteiger partial charge in [-0.3, -0.25) is 4.90 Å². The van der Waals surface area contributed by atoms with Crippen molar-refractivity contribution < 1.29 is 4.84 Å². The van der Waals surface area contributed by atoms with Crippen LogP contribution >= 0.6 is 0 Å². The lowest BCUT2D eigenvalue weighted by Crippen LogP contribution is -2.37. The third kappa shape index (κ3) is 3.81. The van der Waals surface area contributed by atoms with Gasteiger partial charge in [-0.2, -0.15) is 5.48 Å². The van der Waals surface area contributed by atoms with Gasteiger partial charge in [-0.25, -0.2) is 0 Å². The maximum atomic E-state index is 5.16. The first-order valence-corrected chi connectivity index (χ1v) is 7.21. The third-order valence-electron chi connectivity index (χ3n) is 4.35. The van der Waals surface area contributed by atoms with E-state index in [4.69, 9.17) is 4.84 Å². The third-order valence-corrected chi connectivity index (χ3v) is 4.35. The number of hydrogen-bond acceptors (Lipinski definition) is 3. The van der Waals surface area contributed by atoms with Crippen molar-refractivity contribution >= 4 is 0 Å². The molecule has 0 amide bonds. The predicted octanol–water partition coefficient (Wildman–Crippen LogP) is 3.49. The second kappa shape index (κ2) is 7.77. The summed E-state index contributed by atoms with van der Waals surface area (Å²) in [7, 11) is 1.71. The van der Waals surface area contributed by atoms with Gasteiger partial charge >= 0.3 is 0 Å². The van der Waals surface area contributed by atoms with Crippen molar-refractivity contribution in [1.29, 1.82) is 0 Å². The smallest absolute Gasteiger partial charge is 0.0572 e. The summed E-state index contributed by atoms with van der Waals surface area (Å²) in [6.07, 6.45) is 0. The Hall–Kier alpha value is -0.900. The number of likely N-dealkylation sites (tertiary alicyclic amines) is 1. The molecule has 114 valence electrons. The predicted molar refractivity (Wildman–Crippen MR) is 85.4 cm³/mol. The number of benzene rings is 1. The molecule has 2 rings (SSSR count). The van der Waals surface area contributed by atoms with Crippen LogP contribution in [0, 0.1) is 11.8 Å². The zero-order valence-electron chi connectivity index (χ0n) is 12.5. The molecule has 1 aliphatic heterocycles. The highest BCUT2D eigenvalue weighted by Crippen LogP contribution is 2.31. The molecule has 1 N–H and O–H groups in total. The molecule has 1 fully saturated rings. The summed E-state index contributed by atoms with van der Waals surface area (Å²) in [4.78, 5) is 7.72. The lowest BCUT2D eigenvalue weighted by molar-refractivity contribution is 0.0455. The molecule has 3 unspecified atom stereocenters. The molecule has 0 saturated carbocycles. The maximum Gasteiger partial charge on any atom is 0.0572 e. The molecule has 3 heteroatoms. The van der Waals surface area contributed by atoms with Gasteiger partial charge in [0, 0.05) is 25.2 Å². The Morgan fingerprint density at radius 2 is 1.80 bits per heavy atom. The standard InChI is InChI=1S/C16H26N2O.CH4/c1-12(2)15-10-18(11-16(15)17-19-4)13(3)14-8-6-5-7-9-14;/h5-9,12-13,15-17H,10-11H2,1-4H3;1H4. The quantitative estimate of drug-likeness (QED) is 0.834. The van der Waals surface area contributed by atoms with Crippen molar-refractivity contribution in [3.05, 3.63) is 35.9 Å². The summed E-state index contributed by atoms with van der Waals surface area (Å²) in [6.45, 7) is 9.07. The van der Waals surface area contributed by atoms with Crippen LogP contribution < -0.4 is 5.48 Å². The highest BCUT2D eigenvalue weighted by atomic mass is 16.6. The number of hydrogen-bond donors (Lipinski definition) is 1. The normalized spacial score (nSPS) is 24.6. The minimum atomic E-state index is 0. The van der Waals surface area contributed by atoms with E-state index >= 15 is 0 Å². The van der Waals surface area contributed by atoms with E-state index in [0.29, 0.717) is 23.9 Å². The van der Waals surface area contributed by atoms with E-state index in [-0.39, 0.29) is 7.43 Å². The molecule has 1 aromatic carbocycles. The molecule has 3 atom stereocenters. The van der Waals surface area contributed by atoms with Crippen LogP contribution in [-0.2, 0) is 4.84 Å². The van der Waals surface area contributed by atoms with Gasteiger partial charge in [0.25, 0.3) is 0 Å². The van der Waals surface area contributed by atoms with Gasteiger partial charge in [0.1, 0.15) is 0 Å². The number of hydroxylamine groups is 1. The largest absolute Gasteiger partial charge is 0.305 e. The highest BCUT2D eigenvalue weighted by molar-refractivity contribution is 5.18. The van der Waals surface area contributed by atoms with Crippen LogP contribution in [0.3, 0.4) is 0 Å². The lowest BCUT2D eigenvalue weighted by atomic mass is 9.92. The summed E-state index contributed by atoms with van der Waals surface area (Å²) < 4.78 is 0. The van der Waals surface area contributed by atoms with Gasteiger partial charge in [0.2, 0.25) is 0 Å². The summed E-state index contributed by atoms with van der Waals surface area (Å²) in [6, 6.07) is 11.6. The molecule has 0 bridgehead atoms. The Bertz CT molecular complexity index is 380. The summed E-state index contributed by atoms with van der Waals surface area (Å²) >= 11 is 0. The Kier molecular flexibility index (Phi) is 6.66. The molecule has 1 aromatic rings. The zero-order valence-corrected chi connectivity index (χ0v) is 12.5. The summed E-state index contributed by atoms with van der Waals surface area (Å²) in [5, 5.41) is 0. The van der Waals surface area contributed by atoms with Gasteiger partial charge in [0.05, 0.1) is 7.11 Å². The van der Waals surface area contributed by atoms with E-state index in [1.165, 1.54) is 5.56 Å². The van der Waals surface area contributed by atoms with Crippen molar-refractivity contribution in [2.45, 2.75) is 40.3 Å². The monoisotopic (exact) mass is 278 g/mol. The van der Waals surface area contributed by atoms with Gasteiger partial charge in [-0.15, -0.1) is 0 Å². The second-order valence-corrected chi connectivity index (χ2v) is 5.88. The number of nitrogens with one attached hydrogen (secondary N) is 1. The van der Waals surface area contributed by atoms with E-state index in [9.17, 15) is 0 Å². The zero-order chi connectivity index (χ0) is 13.8. The highest BCUT2D eigenvalue weighted by Gasteiger charge is 2.36. The fraction of sp³-hybridized carbons (Fsp3) is 0.647. The average molecular weight is 278 g/mol. The fourth-order valence-electron chi connectivity index (χ4n) is 3.07. The van der Waals surface area contributed by atoms with Crippen molar-refractivity contribution in [3.8, 4) is 0 Å². The topological polar surface area (TPSA) is 24.5 Å². The Balaban J connectivity index is 0.00000200. The first-order chi connectivity index (χ1) is 9.13. The Morgan fingerprint density at radius 3 is 2.35 bits per heavy atom. The van der Waals surface area contributed by atoms with Gasteiger partial charge in [-0.1, -0.05) is 51.6 Å². The molecule has 0 radical (unpaired) electrons. The molecule has 1 saturated heterocycles. The Morgan fingerprint density at radius 1 is 1.15 bits per heavy atom. The van der Waals surface area contributed by atoms with E-state index in [2.05, 4.69) is 61.5 Å². The minimum absolute atomic E-state index is 0. The maximum absolute atomic E-state index is 5.16. The van der Waals surface area contributed by atoms with Gasteiger partial charge in [-0.05, 0) is 24.3 Å². The summed E-state index contributed by atoms with van der Waals surface area (Å²) in [5.41, 5.74) is 4.56. The molecule has 20 heavy (non-hydrogen) atoms. The minimum Gasteiger partial charge on any atom is -0.305 e. The molecule has 0 spiro atoms. The van der Waals surface area contributed by atoms with Gasteiger partial charge in [0.15, 0.2) is 0 Å². The van der Waals surface area contributed by atoms with E-state index in [1.807, 2.05) is 0 Å². The SMILES string of the molecule is C.CONC1CN(C(C)c2ccccc2)CC1C(C)C. The molecule has 0 aromatic heterocycles. The fourth-order valence-corrected chi connectivity index (χ4v) is 3.07. The molecule has 1 aliphatic rings. The molecular weight excluding hydrogens is 248 g/mol. The van der Waals surface area contributed by atoms with E-state index in [0.717, 1.165) is 13.1 Å². The average Bonchev–Trinajstić information content (AvgIpc) is 2.83. The van der Waals surface area contributed by atoms with E-state index < -0.39 is 0 Å². The molecule has 0 aliphatic carbocycles. The summed E-state index contributed by atoms with van der Waals surface area (Å²) in [5.74, 6) is 1.31. The lowest BCUT2D eigenvalue weighted by Gasteiger charge is -2.25. The first-order valence-electron chi connectivity index (χ1n) is 7.21. The molecule has 1 heterocycles. The van der Waals surface area contributed by atoms with Crippen LogP contribution in [0.1, 0.15) is 39.8 Å². The van der Waals surface area contributed by atoms with Crippen LogP contribution in [0.5, 0.6) is 0 Å². The first kappa shape index (κ1) is 17.2. The molecule has 3 nitrogen and oxygen atoms in total. The van der Waals surface area contributed by atoms with Crippen molar-refractivity contribution in [1.82, 2.24) is 10.4 Å². The van der Waals surface area contributed by atoms with Gasteiger partial charge < -0.3 is 4.84 Å². The van der Waals surface area contributed by atoms with E-state index in [1.54, 1.807) is 7.11 Å². The van der Waals surface area contributed by atoms with Crippen molar-refractivity contribution in [3.63, 3.8) is 0 Å². The van der Waals surface area contributed by atoms with Crippen LogP contribution in [0.4, 0.5) is 0 Å².